The van der Waals surface area contributed by atoms with Crippen molar-refractivity contribution in [2.45, 2.75) is 20.3 Å². The molecule has 0 aromatic rings. The SMILES string of the molecule is CC/C=C\N=CN/C(=C/NC)C(C)=O. The molecule has 0 amide bonds. The molecule has 0 bridgehead atoms. The van der Waals surface area contributed by atoms with E-state index in [1.54, 1.807) is 19.4 Å². The molecule has 0 saturated carbocycles. The Hall–Kier alpha value is -1.58. The average molecular weight is 195 g/mol. The molecular formula is C10H17N3O. The first-order valence-electron chi connectivity index (χ1n) is 4.54. The molecule has 0 spiro atoms. The number of carbonyl (C=O) groups excluding carboxylic acids is 1. The Morgan fingerprint density at radius 3 is 2.71 bits per heavy atom. The molecule has 0 saturated heterocycles. The molecule has 0 fully saturated rings. The molecule has 0 aliphatic heterocycles. The van der Waals surface area contributed by atoms with Crippen molar-refractivity contribution in [3.05, 3.63) is 24.2 Å². The minimum atomic E-state index is -0.0368. The number of rotatable bonds is 6. The van der Waals surface area contributed by atoms with Crippen LogP contribution in [0.1, 0.15) is 20.3 Å². The zero-order chi connectivity index (χ0) is 10.8. The number of Topliss-reactive ketones (excluding diaryl/α,β-unsaturated/α-hetero) is 1. The van der Waals surface area contributed by atoms with Gasteiger partial charge in [0.15, 0.2) is 5.78 Å². The Kier molecular flexibility index (Phi) is 7.13. The number of hydrogen-bond donors (Lipinski definition) is 2. The first-order valence-corrected chi connectivity index (χ1v) is 4.54. The van der Waals surface area contributed by atoms with Gasteiger partial charge in [-0.25, -0.2) is 4.99 Å². The van der Waals surface area contributed by atoms with E-state index >= 15 is 0 Å². The molecule has 4 nitrogen and oxygen atoms in total. The fourth-order valence-corrected chi connectivity index (χ4v) is 0.705. The zero-order valence-corrected chi connectivity index (χ0v) is 8.87. The van der Waals surface area contributed by atoms with E-state index in [4.69, 9.17) is 0 Å². The van der Waals surface area contributed by atoms with Gasteiger partial charge in [0.1, 0.15) is 0 Å². The van der Waals surface area contributed by atoms with Crippen molar-refractivity contribution in [2.75, 3.05) is 7.05 Å². The summed E-state index contributed by atoms with van der Waals surface area (Å²) in [5, 5.41) is 5.56. The third kappa shape index (κ3) is 5.99. The highest BCUT2D eigenvalue weighted by Gasteiger charge is 1.98. The van der Waals surface area contributed by atoms with Gasteiger partial charge in [-0.05, 0) is 6.42 Å². The maximum absolute atomic E-state index is 11.0. The van der Waals surface area contributed by atoms with E-state index in [1.165, 1.54) is 13.3 Å². The standard InChI is InChI=1S/C10H17N3O/c1-4-5-6-12-8-13-10(7-11-3)9(2)14/h5-8,11H,4H2,1-3H3,(H,12,13)/b6-5-,10-7+. The van der Waals surface area contributed by atoms with Crippen LogP contribution in [0.25, 0.3) is 0 Å². The molecular weight excluding hydrogens is 178 g/mol. The quantitative estimate of drug-likeness (QED) is 0.380. The number of aliphatic imine (C=N–C) groups is 1. The van der Waals surface area contributed by atoms with Crippen molar-refractivity contribution < 1.29 is 4.79 Å². The Labute approximate surface area is 84.8 Å². The molecule has 0 rings (SSSR count). The van der Waals surface area contributed by atoms with Crippen molar-refractivity contribution in [1.29, 1.82) is 0 Å². The van der Waals surface area contributed by atoms with E-state index in [-0.39, 0.29) is 5.78 Å². The third-order valence-corrected chi connectivity index (χ3v) is 1.39. The minimum absolute atomic E-state index is 0.0368. The van der Waals surface area contributed by atoms with Gasteiger partial charge < -0.3 is 10.6 Å². The monoisotopic (exact) mass is 195 g/mol. The number of hydrogen-bond acceptors (Lipinski definition) is 3. The summed E-state index contributed by atoms with van der Waals surface area (Å²) in [7, 11) is 1.73. The lowest BCUT2D eigenvalue weighted by atomic mass is 10.3. The molecule has 0 unspecified atom stereocenters. The smallest absolute Gasteiger partial charge is 0.177 e. The Morgan fingerprint density at radius 1 is 1.50 bits per heavy atom. The van der Waals surface area contributed by atoms with Crippen LogP contribution in [-0.2, 0) is 4.79 Å². The van der Waals surface area contributed by atoms with Gasteiger partial charge in [0.2, 0.25) is 0 Å². The Morgan fingerprint density at radius 2 is 2.21 bits per heavy atom. The second-order valence-corrected chi connectivity index (χ2v) is 2.62. The van der Waals surface area contributed by atoms with Gasteiger partial charge in [-0.1, -0.05) is 13.0 Å². The molecule has 4 heteroatoms. The van der Waals surface area contributed by atoms with Gasteiger partial charge in [-0.3, -0.25) is 4.79 Å². The summed E-state index contributed by atoms with van der Waals surface area (Å²) >= 11 is 0. The van der Waals surface area contributed by atoms with Crippen molar-refractivity contribution in [2.24, 2.45) is 4.99 Å². The molecule has 78 valence electrons. The zero-order valence-electron chi connectivity index (χ0n) is 8.87. The van der Waals surface area contributed by atoms with Crippen LogP contribution in [0.4, 0.5) is 0 Å². The van der Waals surface area contributed by atoms with E-state index in [2.05, 4.69) is 15.6 Å². The molecule has 14 heavy (non-hydrogen) atoms. The average Bonchev–Trinajstić information content (AvgIpc) is 2.15. The fraction of sp³-hybridized carbons (Fsp3) is 0.400. The first kappa shape index (κ1) is 12.4. The summed E-state index contributed by atoms with van der Waals surface area (Å²) in [5.41, 5.74) is 0.487. The summed E-state index contributed by atoms with van der Waals surface area (Å²) in [5.74, 6) is -0.0368. The van der Waals surface area contributed by atoms with Crippen LogP contribution in [0, 0.1) is 0 Å². The topological polar surface area (TPSA) is 53.5 Å². The second kappa shape index (κ2) is 8.04. The third-order valence-electron chi connectivity index (χ3n) is 1.39. The van der Waals surface area contributed by atoms with Crippen LogP contribution in [0.3, 0.4) is 0 Å². The van der Waals surface area contributed by atoms with Crippen LogP contribution in [-0.4, -0.2) is 19.2 Å². The molecule has 0 aromatic carbocycles. The summed E-state index contributed by atoms with van der Waals surface area (Å²) < 4.78 is 0. The van der Waals surface area contributed by atoms with Gasteiger partial charge >= 0.3 is 0 Å². The number of allylic oxidation sites excluding steroid dienone is 2. The molecule has 2 N–H and O–H groups in total. The maximum Gasteiger partial charge on any atom is 0.177 e. The molecule has 0 atom stereocenters. The fourth-order valence-electron chi connectivity index (χ4n) is 0.705. The van der Waals surface area contributed by atoms with Gasteiger partial charge in [0, 0.05) is 26.4 Å². The highest BCUT2D eigenvalue weighted by Crippen LogP contribution is 1.87. The van der Waals surface area contributed by atoms with Gasteiger partial charge in [-0.2, -0.15) is 0 Å². The van der Waals surface area contributed by atoms with Crippen molar-refractivity contribution in [3.63, 3.8) is 0 Å². The van der Waals surface area contributed by atoms with E-state index in [0.717, 1.165) is 6.42 Å². The van der Waals surface area contributed by atoms with Crippen molar-refractivity contribution in [1.82, 2.24) is 10.6 Å². The normalized spacial score (nSPS) is 12.4. The Bertz CT molecular complexity index is 254. The minimum Gasteiger partial charge on any atom is -0.392 e. The molecule has 0 radical (unpaired) electrons. The molecule has 0 aliphatic rings. The number of ketones is 1. The Balaban J connectivity index is 4.07. The summed E-state index contributed by atoms with van der Waals surface area (Å²) in [6.45, 7) is 3.52. The van der Waals surface area contributed by atoms with Crippen LogP contribution in [0.5, 0.6) is 0 Å². The van der Waals surface area contributed by atoms with Crippen molar-refractivity contribution >= 4 is 12.1 Å². The predicted octanol–water partition coefficient (Wildman–Crippen LogP) is 1.18. The largest absolute Gasteiger partial charge is 0.392 e. The van der Waals surface area contributed by atoms with Crippen LogP contribution in [0.2, 0.25) is 0 Å². The second-order valence-electron chi connectivity index (χ2n) is 2.62. The highest BCUT2D eigenvalue weighted by molar-refractivity contribution is 5.94. The van der Waals surface area contributed by atoms with Gasteiger partial charge in [-0.15, -0.1) is 0 Å². The number of carbonyl (C=O) groups is 1. The maximum atomic E-state index is 11.0. The lowest BCUT2D eigenvalue weighted by molar-refractivity contribution is -0.113. The van der Waals surface area contributed by atoms with Gasteiger partial charge in [0.05, 0.1) is 12.0 Å². The van der Waals surface area contributed by atoms with Crippen LogP contribution < -0.4 is 10.6 Å². The lowest BCUT2D eigenvalue weighted by Crippen LogP contribution is -2.19. The number of nitrogens with zero attached hydrogens (tertiary/aromatic N) is 1. The highest BCUT2D eigenvalue weighted by atomic mass is 16.1. The number of nitrogens with one attached hydrogen (secondary N) is 2. The lowest BCUT2D eigenvalue weighted by Gasteiger charge is -2.00. The van der Waals surface area contributed by atoms with Crippen LogP contribution in [0.15, 0.2) is 29.2 Å². The van der Waals surface area contributed by atoms with E-state index in [0.29, 0.717) is 5.70 Å². The van der Waals surface area contributed by atoms with Crippen molar-refractivity contribution in [3.8, 4) is 0 Å². The van der Waals surface area contributed by atoms with E-state index < -0.39 is 0 Å². The molecule has 0 heterocycles. The molecule has 0 aromatic heterocycles. The first-order chi connectivity index (χ1) is 6.72. The molecule has 0 aliphatic carbocycles. The van der Waals surface area contributed by atoms with Crippen LogP contribution >= 0.6 is 0 Å². The summed E-state index contributed by atoms with van der Waals surface area (Å²) in [6, 6.07) is 0. The van der Waals surface area contributed by atoms with E-state index in [9.17, 15) is 4.79 Å². The van der Waals surface area contributed by atoms with Gasteiger partial charge in [0.25, 0.3) is 0 Å². The summed E-state index contributed by atoms with van der Waals surface area (Å²) in [6.07, 6.45) is 7.63. The summed E-state index contributed by atoms with van der Waals surface area (Å²) in [4.78, 5) is 14.9. The van der Waals surface area contributed by atoms with E-state index in [1.807, 2.05) is 13.0 Å². The predicted molar refractivity (Wildman–Crippen MR) is 58.9 cm³/mol.